The third-order valence-corrected chi connectivity index (χ3v) is 5.00. The maximum Gasteiger partial charge on any atom is 0.253 e. The van der Waals surface area contributed by atoms with Gasteiger partial charge < -0.3 is 15.4 Å². The van der Waals surface area contributed by atoms with E-state index in [0.29, 0.717) is 29.1 Å². The Morgan fingerprint density at radius 1 is 1.11 bits per heavy atom. The summed E-state index contributed by atoms with van der Waals surface area (Å²) in [5.74, 6) is 1.15. The maximum absolute atomic E-state index is 12.7. The molecule has 1 amide bonds. The van der Waals surface area contributed by atoms with Crippen molar-refractivity contribution in [3.63, 3.8) is 0 Å². The van der Waals surface area contributed by atoms with Crippen LogP contribution in [0.5, 0.6) is 5.75 Å². The number of halogens is 1. The molecule has 1 fully saturated rings. The van der Waals surface area contributed by atoms with Crippen LogP contribution < -0.4 is 10.5 Å². The summed E-state index contributed by atoms with van der Waals surface area (Å²) < 4.78 is 18.0. The fraction of sp³-hybridized carbons (Fsp3) is 0.318. The summed E-state index contributed by atoms with van der Waals surface area (Å²) in [7, 11) is 0. The molecule has 4 nitrogen and oxygen atoms in total. The van der Waals surface area contributed by atoms with Gasteiger partial charge in [0, 0.05) is 30.8 Å². The zero-order valence-electron chi connectivity index (χ0n) is 15.3. The van der Waals surface area contributed by atoms with Gasteiger partial charge in [-0.15, -0.1) is 0 Å². The van der Waals surface area contributed by atoms with E-state index in [1.807, 2.05) is 11.0 Å². The monoisotopic (exact) mass is 368 g/mol. The van der Waals surface area contributed by atoms with Gasteiger partial charge in [-0.2, -0.15) is 0 Å². The molecule has 0 aromatic heterocycles. The van der Waals surface area contributed by atoms with Gasteiger partial charge in [0.25, 0.3) is 5.91 Å². The van der Waals surface area contributed by atoms with Crippen molar-refractivity contribution in [3.05, 3.63) is 77.6 Å². The highest BCUT2D eigenvalue weighted by atomic mass is 19.1. The highest BCUT2D eigenvalue weighted by Gasteiger charge is 2.24. The number of hydrogen-bond donors (Lipinski definition) is 1. The Labute approximate surface area is 159 Å². The molecule has 1 aliphatic rings. The lowest BCUT2D eigenvalue weighted by Gasteiger charge is -2.32. The van der Waals surface area contributed by atoms with Crippen molar-refractivity contribution in [2.45, 2.75) is 18.8 Å². The van der Waals surface area contributed by atoms with Crippen LogP contribution in [0.25, 0.3) is 0 Å². The van der Waals surface area contributed by atoms with Crippen molar-refractivity contribution >= 4 is 5.91 Å². The Bertz CT molecular complexity index is 767. The van der Waals surface area contributed by atoms with Crippen LogP contribution in [-0.4, -0.2) is 37.0 Å². The van der Waals surface area contributed by atoms with E-state index in [4.69, 9.17) is 10.5 Å². The van der Waals surface area contributed by atoms with E-state index in [0.717, 1.165) is 25.9 Å². The summed E-state index contributed by atoms with van der Waals surface area (Å²) in [6, 6.07) is 17.5. The minimum absolute atomic E-state index is 0.0411. The zero-order valence-corrected chi connectivity index (χ0v) is 15.3. The van der Waals surface area contributed by atoms with Crippen LogP contribution in [0.4, 0.5) is 4.39 Å². The molecule has 27 heavy (non-hydrogen) atoms. The number of nitrogens with two attached hydrogens (primary N) is 1. The molecule has 0 aliphatic carbocycles. The molecule has 0 saturated carbocycles. The van der Waals surface area contributed by atoms with E-state index >= 15 is 0 Å². The maximum atomic E-state index is 12.7. The summed E-state index contributed by atoms with van der Waals surface area (Å²) in [4.78, 5) is 14.6. The molecule has 2 N–H and O–H groups in total. The van der Waals surface area contributed by atoms with Crippen molar-refractivity contribution in [2.24, 2.45) is 5.73 Å². The minimum Gasteiger partial charge on any atom is -0.489 e. The van der Waals surface area contributed by atoms with Crippen molar-refractivity contribution in [1.82, 2.24) is 4.90 Å². The molecule has 1 saturated heterocycles. The Kier molecular flexibility index (Phi) is 6.60. The topological polar surface area (TPSA) is 55.6 Å². The van der Waals surface area contributed by atoms with E-state index in [1.54, 1.807) is 24.3 Å². The highest BCUT2D eigenvalue weighted by Crippen LogP contribution is 2.28. The number of benzene rings is 2. The molecule has 5 heteroatoms. The number of rotatable bonds is 6. The zero-order chi connectivity index (χ0) is 19.1. The number of likely N-dealkylation sites (tertiary alicyclic amines) is 1. The normalized spacial score (nSPS) is 15.6. The van der Waals surface area contributed by atoms with E-state index in [9.17, 15) is 9.18 Å². The molecule has 3 rings (SSSR count). The summed E-state index contributed by atoms with van der Waals surface area (Å²) in [6.07, 6.45) is 2.43. The van der Waals surface area contributed by atoms with Gasteiger partial charge in [-0.25, -0.2) is 4.39 Å². The summed E-state index contributed by atoms with van der Waals surface area (Å²) in [5, 5.41) is 0. The molecule has 142 valence electrons. The van der Waals surface area contributed by atoms with Crippen LogP contribution in [0.15, 0.2) is 66.5 Å². The molecule has 0 bridgehead atoms. The third kappa shape index (κ3) is 4.95. The first kappa shape index (κ1) is 19.1. The highest BCUT2D eigenvalue weighted by molar-refractivity contribution is 5.94. The Hall–Kier alpha value is -2.66. The molecule has 2 aromatic carbocycles. The van der Waals surface area contributed by atoms with Crippen LogP contribution in [-0.2, 0) is 0 Å². The average Bonchev–Trinajstić information content (AvgIpc) is 2.75. The van der Waals surface area contributed by atoms with Crippen molar-refractivity contribution in [1.29, 1.82) is 0 Å². The van der Waals surface area contributed by atoms with Crippen LogP contribution in [0, 0.1) is 0 Å². The lowest BCUT2D eigenvalue weighted by molar-refractivity contribution is 0.0713. The quantitative estimate of drug-likeness (QED) is 0.841. The van der Waals surface area contributed by atoms with E-state index < -0.39 is 0 Å². The second-order valence-corrected chi connectivity index (χ2v) is 6.76. The van der Waals surface area contributed by atoms with Gasteiger partial charge in [-0.3, -0.25) is 4.79 Å². The number of carbonyl (C=O) groups excluding carboxylic acids is 1. The molecule has 1 heterocycles. The summed E-state index contributed by atoms with van der Waals surface area (Å²) in [5.41, 5.74) is 7.78. The third-order valence-electron chi connectivity index (χ3n) is 5.00. The predicted octanol–water partition coefficient (Wildman–Crippen LogP) is 3.90. The van der Waals surface area contributed by atoms with Crippen molar-refractivity contribution in [2.75, 3.05) is 26.2 Å². The lowest BCUT2D eigenvalue weighted by atomic mass is 9.89. The largest absolute Gasteiger partial charge is 0.489 e. The minimum atomic E-state index is 0.0411. The number of ether oxygens (including phenoxy) is 1. The molecule has 0 unspecified atom stereocenters. The van der Waals surface area contributed by atoms with Gasteiger partial charge in [0.2, 0.25) is 0 Å². The summed E-state index contributed by atoms with van der Waals surface area (Å²) >= 11 is 0. The number of nitrogens with zero attached hydrogens (tertiary/aromatic N) is 1. The Balaban J connectivity index is 1.54. The van der Waals surface area contributed by atoms with Gasteiger partial charge in [0.1, 0.15) is 12.4 Å². The number of carbonyl (C=O) groups is 1. The Morgan fingerprint density at radius 2 is 1.78 bits per heavy atom. The first-order valence-corrected chi connectivity index (χ1v) is 9.26. The van der Waals surface area contributed by atoms with Crippen molar-refractivity contribution < 1.29 is 13.9 Å². The average molecular weight is 368 g/mol. The van der Waals surface area contributed by atoms with Crippen LogP contribution in [0.3, 0.4) is 0 Å². The van der Waals surface area contributed by atoms with E-state index in [1.165, 1.54) is 5.56 Å². The second kappa shape index (κ2) is 9.33. The number of hydrogen-bond acceptors (Lipinski definition) is 3. The molecule has 2 aromatic rings. The summed E-state index contributed by atoms with van der Waals surface area (Å²) in [6.45, 7) is 1.74. The van der Waals surface area contributed by atoms with Gasteiger partial charge in [0.05, 0.1) is 6.33 Å². The van der Waals surface area contributed by atoms with Crippen LogP contribution >= 0.6 is 0 Å². The first-order valence-electron chi connectivity index (χ1n) is 9.26. The molecule has 0 atom stereocenters. The van der Waals surface area contributed by atoms with Crippen molar-refractivity contribution in [3.8, 4) is 5.75 Å². The number of piperidine rings is 1. The number of amides is 1. The first-order chi connectivity index (χ1) is 13.2. The molecule has 0 radical (unpaired) electrons. The predicted molar refractivity (Wildman–Crippen MR) is 105 cm³/mol. The van der Waals surface area contributed by atoms with Gasteiger partial charge >= 0.3 is 0 Å². The van der Waals surface area contributed by atoms with Gasteiger partial charge in [0.15, 0.2) is 0 Å². The molecular formula is C22H25FN2O2. The molecule has 0 spiro atoms. The standard InChI is InChI=1S/C22H25FN2O2/c23-14-17(15-24)16-27-21-8-6-20(7-9-21)22(26)25-12-10-19(11-13-25)18-4-2-1-3-5-18/h1-9,14,19H,10-13,15-16,24H2. The SMILES string of the molecule is NCC(=CF)COc1ccc(C(=O)N2CCC(c3ccccc3)CC2)cc1. The smallest absolute Gasteiger partial charge is 0.253 e. The van der Waals surface area contributed by atoms with Gasteiger partial charge in [-0.1, -0.05) is 30.3 Å². The van der Waals surface area contributed by atoms with Crippen LogP contribution in [0.1, 0.15) is 34.7 Å². The van der Waals surface area contributed by atoms with Crippen LogP contribution in [0.2, 0.25) is 0 Å². The fourth-order valence-corrected chi connectivity index (χ4v) is 3.33. The Morgan fingerprint density at radius 3 is 2.37 bits per heavy atom. The lowest BCUT2D eigenvalue weighted by Crippen LogP contribution is -2.37. The van der Waals surface area contributed by atoms with E-state index in [-0.39, 0.29) is 19.1 Å². The fourth-order valence-electron chi connectivity index (χ4n) is 3.33. The molecular weight excluding hydrogens is 343 g/mol. The van der Waals surface area contributed by atoms with E-state index in [2.05, 4.69) is 24.3 Å². The second-order valence-electron chi connectivity index (χ2n) is 6.76. The molecule has 1 aliphatic heterocycles. The van der Waals surface area contributed by atoms with Gasteiger partial charge in [-0.05, 0) is 48.6 Å².